The number of halogens is 3. The molecule has 2 atom stereocenters. The van der Waals surface area contributed by atoms with Crippen LogP contribution >= 0.6 is 0 Å². The molecule has 1 fully saturated rings. The SMILES string of the molecule is CNC(=O)c1cn([C@@H]2CN(C(=O)OC(C)(C)C)C[C@H]2OCc2ccc(C(F)(F)F)cc2)nn1. The highest BCUT2D eigenvalue weighted by molar-refractivity contribution is 5.91. The van der Waals surface area contributed by atoms with E-state index in [1.54, 1.807) is 20.8 Å². The van der Waals surface area contributed by atoms with Gasteiger partial charge in [-0.2, -0.15) is 13.2 Å². The molecule has 0 unspecified atom stereocenters. The maximum atomic E-state index is 12.8. The van der Waals surface area contributed by atoms with Crippen LogP contribution in [0.4, 0.5) is 18.0 Å². The molecule has 1 aliphatic heterocycles. The van der Waals surface area contributed by atoms with Crippen LogP contribution in [-0.4, -0.2) is 63.7 Å². The first-order chi connectivity index (χ1) is 15.4. The number of hydrogen-bond donors (Lipinski definition) is 1. The third-order valence-electron chi connectivity index (χ3n) is 4.94. The van der Waals surface area contributed by atoms with E-state index in [1.807, 2.05) is 0 Å². The summed E-state index contributed by atoms with van der Waals surface area (Å²) in [5.41, 5.74) is -0.784. The maximum absolute atomic E-state index is 12.8. The highest BCUT2D eigenvalue weighted by atomic mass is 19.4. The predicted molar refractivity (Wildman–Crippen MR) is 110 cm³/mol. The number of likely N-dealkylation sites (tertiary alicyclic amines) is 1. The van der Waals surface area contributed by atoms with Gasteiger partial charge in [0.2, 0.25) is 0 Å². The van der Waals surface area contributed by atoms with E-state index >= 15 is 0 Å². The fourth-order valence-electron chi connectivity index (χ4n) is 3.31. The number of hydrogen-bond acceptors (Lipinski definition) is 6. The summed E-state index contributed by atoms with van der Waals surface area (Å²) < 4.78 is 51.2. The van der Waals surface area contributed by atoms with Crippen molar-refractivity contribution in [1.29, 1.82) is 0 Å². The van der Waals surface area contributed by atoms with Crippen molar-refractivity contribution in [2.45, 2.75) is 51.3 Å². The zero-order chi connectivity index (χ0) is 24.4. The molecule has 2 heterocycles. The Labute approximate surface area is 188 Å². The Bertz CT molecular complexity index is 985. The number of benzene rings is 1. The lowest BCUT2D eigenvalue weighted by Gasteiger charge is -2.24. The molecule has 2 amide bonds. The number of alkyl halides is 3. The van der Waals surface area contributed by atoms with Gasteiger partial charge in [-0.15, -0.1) is 5.10 Å². The highest BCUT2D eigenvalue weighted by Gasteiger charge is 2.40. The molecule has 180 valence electrons. The minimum absolute atomic E-state index is 0.0263. The number of amides is 2. The van der Waals surface area contributed by atoms with Crippen LogP contribution in [0.1, 0.15) is 48.4 Å². The molecule has 9 nitrogen and oxygen atoms in total. The monoisotopic (exact) mass is 469 g/mol. The van der Waals surface area contributed by atoms with E-state index in [0.717, 1.165) is 12.1 Å². The van der Waals surface area contributed by atoms with Gasteiger partial charge in [-0.1, -0.05) is 17.3 Å². The van der Waals surface area contributed by atoms with Crippen LogP contribution in [0, 0.1) is 0 Å². The summed E-state index contributed by atoms with van der Waals surface area (Å²) in [7, 11) is 1.47. The summed E-state index contributed by atoms with van der Waals surface area (Å²) in [6.45, 7) is 5.66. The maximum Gasteiger partial charge on any atom is 0.416 e. The molecule has 0 aliphatic carbocycles. The zero-order valence-corrected chi connectivity index (χ0v) is 18.7. The Morgan fingerprint density at radius 2 is 1.82 bits per heavy atom. The van der Waals surface area contributed by atoms with Gasteiger partial charge >= 0.3 is 12.3 Å². The number of aromatic nitrogens is 3. The van der Waals surface area contributed by atoms with Crippen LogP contribution in [-0.2, 0) is 22.3 Å². The molecule has 0 radical (unpaired) electrons. The van der Waals surface area contributed by atoms with Crippen molar-refractivity contribution in [3.8, 4) is 0 Å². The van der Waals surface area contributed by atoms with Crippen molar-refractivity contribution in [3.63, 3.8) is 0 Å². The Hall–Kier alpha value is -3.15. The molecule has 1 aromatic heterocycles. The third kappa shape index (κ3) is 6.21. The molecule has 2 aromatic rings. The van der Waals surface area contributed by atoms with Crippen LogP contribution in [0.15, 0.2) is 30.5 Å². The molecular weight excluding hydrogens is 443 g/mol. The number of rotatable bonds is 5. The molecule has 3 rings (SSSR count). The van der Waals surface area contributed by atoms with E-state index in [0.29, 0.717) is 5.56 Å². The second-order valence-electron chi connectivity index (χ2n) is 8.66. The lowest BCUT2D eigenvalue weighted by Crippen LogP contribution is -2.36. The van der Waals surface area contributed by atoms with E-state index in [2.05, 4.69) is 15.6 Å². The first-order valence-corrected chi connectivity index (χ1v) is 10.3. The van der Waals surface area contributed by atoms with Gasteiger partial charge in [-0.05, 0) is 38.5 Å². The average Bonchev–Trinajstić information content (AvgIpc) is 3.37. The molecule has 33 heavy (non-hydrogen) atoms. The van der Waals surface area contributed by atoms with Crippen molar-refractivity contribution in [1.82, 2.24) is 25.2 Å². The molecule has 0 saturated carbocycles. The second-order valence-corrected chi connectivity index (χ2v) is 8.66. The average molecular weight is 469 g/mol. The summed E-state index contributed by atoms with van der Waals surface area (Å²) in [5, 5.41) is 10.3. The normalized spacial score (nSPS) is 18.9. The van der Waals surface area contributed by atoms with Gasteiger partial charge in [0.25, 0.3) is 5.91 Å². The topological polar surface area (TPSA) is 98.6 Å². The molecular formula is C21H26F3N5O4. The highest BCUT2D eigenvalue weighted by Crippen LogP contribution is 2.30. The van der Waals surface area contributed by atoms with Gasteiger partial charge in [-0.25, -0.2) is 9.48 Å². The van der Waals surface area contributed by atoms with Crippen molar-refractivity contribution in [3.05, 3.63) is 47.3 Å². The van der Waals surface area contributed by atoms with Crippen LogP contribution in [0.5, 0.6) is 0 Å². The van der Waals surface area contributed by atoms with E-state index < -0.39 is 41.5 Å². The number of nitrogens with one attached hydrogen (secondary N) is 1. The minimum atomic E-state index is -4.42. The fraction of sp³-hybridized carbons (Fsp3) is 0.524. The lowest BCUT2D eigenvalue weighted by molar-refractivity contribution is -0.137. The van der Waals surface area contributed by atoms with E-state index in [9.17, 15) is 22.8 Å². The quantitative estimate of drug-likeness (QED) is 0.723. The summed E-state index contributed by atoms with van der Waals surface area (Å²) in [6.07, 6.45) is -4.05. The van der Waals surface area contributed by atoms with Crippen LogP contribution in [0.2, 0.25) is 0 Å². The number of carbonyl (C=O) groups excluding carboxylic acids is 2. The van der Waals surface area contributed by atoms with Crippen LogP contribution < -0.4 is 5.32 Å². The molecule has 1 N–H and O–H groups in total. The van der Waals surface area contributed by atoms with Gasteiger partial charge in [0.15, 0.2) is 5.69 Å². The second kappa shape index (κ2) is 9.38. The summed E-state index contributed by atoms with van der Waals surface area (Å²) >= 11 is 0. The van der Waals surface area contributed by atoms with Crippen molar-refractivity contribution < 1.29 is 32.2 Å². The Morgan fingerprint density at radius 1 is 1.15 bits per heavy atom. The van der Waals surface area contributed by atoms with Crippen molar-refractivity contribution >= 4 is 12.0 Å². The first-order valence-electron chi connectivity index (χ1n) is 10.3. The number of nitrogens with zero attached hydrogens (tertiary/aromatic N) is 4. The fourth-order valence-corrected chi connectivity index (χ4v) is 3.31. The van der Waals surface area contributed by atoms with Crippen molar-refractivity contribution in [2.24, 2.45) is 0 Å². The molecule has 0 spiro atoms. The summed E-state index contributed by atoms with van der Waals surface area (Å²) in [4.78, 5) is 25.9. The van der Waals surface area contributed by atoms with Gasteiger partial charge in [0.1, 0.15) is 5.60 Å². The molecule has 1 aliphatic rings. The van der Waals surface area contributed by atoms with E-state index in [-0.39, 0.29) is 25.4 Å². The predicted octanol–water partition coefficient (Wildman–Crippen LogP) is 3.03. The standard InChI is InChI=1S/C21H26F3N5O4/c1-20(2,3)33-19(31)28-10-16(29-9-15(26-27-29)18(30)25-4)17(11-28)32-12-13-5-7-14(8-6-13)21(22,23)24/h5-9,16-17H,10-12H2,1-4H3,(H,25,30)/t16-,17-/m1/s1. The Morgan fingerprint density at radius 3 is 2.39 bits per heavy atom. The smallest absolute Gasteiger partial charge is 0.416 e. The van der Waals surface area contributed by atoms with E-state index in [1.165, 1.54) is 35.0 Å². The van der Waals surface area contributed by atoms with Gasteiger partial charge in [0, 0.05) is 13.6 Å². The number of ether oxygens (including phenoxy) is 2. The van der Waals surface area contributed by atoms with Crippen molar-refractivity contribution in [2.75, 3.05) is 20.1 Å². The first kappa shape index (κ1) is 24.5. The van der Waals surface area contributed by atoms with E-state index in [4.69, 9.17) is 9.47 Å². The largest absolute Gasteiger partial charge is 0.444 e. The summed E-state index contributed by atoms with van der Waals surface area (Å²) in [5.74, 6) is -0.412. The molecule has 12 heteroatoms. The minimum Gasteiger partial charge on any atom is -0.444 e. The van der Waals surface area contributed by atoms with Crippen LogP contribution in [0.25, 0.3) is 0 Å². The number of carbonyl (C=O) groups is 2. The van der Waals surface area contributed by atoms with Gasteiger partial charge in [0.05, 0.1) is 37.1 Å². The molecule has 0 bridgehead atoms. The van der Waals surface area contributed by atoms with Gasteiger partial charge in [-0.3, -0.25) is 4.79 Å². The third-order valence-corrected chi connectivity index (χ3v) is 4.94. The zero-order valence-electron chi connectivity index (χ0n) is 18.7. The lowest BCUT2D eigenvalue weighted by atomic mass is 10.1. The van der Waals surface area contributed by atoms with Gasteiger partial charge < -0.3 is 19.7 Å². The molecule has 1 aromatic carbocycles. The Balaban J connectivity index is 1.76. The Kier molecular flexibility index (Phi) is 6.96. The molecule has 1 saturated heterocycles. The van der Waals surface area contributed by atoms with Crippen LogP contribution in [0.3, 0.4) is 0 Å². The summed E-state index contributed by atoms with van der Waals surface area (Å²) in [6, 6.07) is 4.20.